The van der Waals surface area contributed by atoms with Gasteiger partial charge in [-0.05, 0) is 44.7 Å². The molecule has 3 aromatic rings. The summed E-state index contributed by atoms with van der Waals surface area (Å²) in [4.78, 5) is 0. The number of halogens is 10. The lowest BCUT2D eigenvalue weighted by molar-refractivity contribution is -0.382. The van der Waals surface area contributed by atoms with Gasteiger partial charge in [0.1, 0.15) is 0 Å². The van der Waals surface area contributed by atoms with Crippen molar-refractivity contribution in [3.63, 3.8) is 0 Å². The van der Waals surface area contributed by atoms with E-state index in [2.05, 4.69) is 131 Å². The molecule has 0 aliphatic heterocycles. The third kappa shape index (κ3) is 7.38. The molecule has 0 saturated heterocycles. The Hall–Kier alpha value is -2.33. The molecule has 0 amide bonds. The molecule has 0 unspecified atom stereocenters. The fraction of sp³-hybridized carbons (Fsp3) is 0.400. The maximum Gasteiger partial charge on any atom is 0.460 e. The van der Waals surface area contributed by atoms with Crippen molar-refractivity contribution in [2.45, 2.75) is 75.6 Å². The maximum atomic E-state index is 12.2. The van der Waals surface area contributed by atoms with Gasteiger partial charge in [-0.2, -0.15) is 47.9 Å². The molecule has 0 saturated carbocycles. The number of hydrogen-bond acceptors (Lipinski definition) is 2. The van der Waals surface area contributed by atoms with Crippen molar-refractivity contribution >= 4 is 10.1 Å². The van der Waals surface area contributed by atoms with Crippen molar-refractivity contribution < 1.29 is 75.1 Å². The highest BCUT2D eigenvalue weighted by atomic mass is 127. The fourth-order valence-corrected chi connectivity index (χ4v) is 5.59. The quantitative estimate of drug-likeness (QED) is 0.187. The van der Waals surface area contributed by atoms with Crippen LogP contribution in [0.25, 0.3) is 22.3 Å². The summed E-state index contributed by atoms with van der Waals surface area (Å²) in [5.74, 6) is -14.7. The summed E-state index contributed by atoms with van der Waals surface area (Å²) in [5.41, 5.74) is 8.38. The second kappa shape index (κ2) is 12.5. The van der Waals surface area contributed by atoms with Gasteiger partial charge in [0.05, 0.1) is 0 Å². The van der Waals surface area contributed by atoms with E-state index < -0.39 is 33.4 Å². The lowest BCUT2D eigenvalue weighted by Gasteiger charge is -2.31. The average Bonchev–Trinajstić information content (AvgIpc) is 2.86. The Morgan fingerprint density at radius 3 is 1.36 bits per heavy atom. The molecule has 0 heterocycles. The highest BCUT2D eigenvalue weighted by Crippen LogP contribution is 2.54. The average molecular weight is 770 g/mol. The molecule has 3 aromatic carbocycles. The molecular weight excluding hydrogens is 738 g/mol. The molecule has 1 N–H and O–H groups in total. The van der Waals surface area contributed by atoms with Gasteiger partial charge in [0.25, 0.3) is 22.6 Å². The summed E-state index contributed by atoms with van der Waals surface area (Å²) in [5, 5.41) is -7.00. The van der Waals surface area contributed by atoms with E-state index in [9.17, 15) is 47.9 Å². The molecule has 0 aromatic heterocycles. The van der Waals surface area contributed by atoms with Crippen LogP contribution in [0.4, 0.5) is 39.5 Å². The van der Waals surface area contributed by atoms with Crippen molar-refractivity contribution in [2.24, 2.45) is 0 Å². The molecule has 0 bridgehead atoms. The lowest BCUT2D eigenvalue weighted by Crippen LogP contribution is -3.34. The van der Waals surface area contributed by atoms with Crippen LogP contribution in [0, 0.1) is 3.57 Å². The molecule has 0 spiro atoms. The monoisotopic (exact) mass is 769 g/mol. The third-order valence-electron chi connectivity index (χ3n) is 6.50. The van der Waals surface area contributed by atoms with Crippen LogP contribution in [-0.2, 0) is 20.9 Å². The summed E-state index contributed by atoms with van der Waals surface area (Å²) in [6.45, 7) is 13.8. The Kier molecular flexibility index (Phi) is 10.7. The van der Waals surface area contributed by atoms with E-state index in [4.69, 9.17) is 4.55 Å². The van der Waals surface area contributed by atoms with E-state index in [0.717, 1.165) is 0 Å². The summed E-state index contributed by atoms with van der Waals surface area (Å²) in [6, 6.07) is 24.5. The first kappa shape index (κ1) is 37.9. The Bertz CT molecular complexity index is 1590. The van der Waals surface area contributed by atoms with E-state index >= 15 is 0 Å². The summed E-state index contributed by atoms with van der Waals surface area (Å²) < 4.78 is 135. The highest BCUT2D eigenvalue weighted by Gasteiger charge is 2.85. The van der Waals surface area contributed by atoms with Crippen molar-refractivity contribution in [2.75, 3.05) is 0 Å². The van der Waals surface area contributed by atoms with Crippen molar-refractivity contribution in [3.8, 4) is 22.3 Å². The molecule has 0 atom stereocenters. The van der Waals surface area contributed by atoms with Crippen molar-refractivity contribution in [3.05, 3.63) is 81.4 Å². The van der Waals surface area contributed by atoms with Crippen LogP contribution in [-0.4, -0.2) is 36.2 Å². The van der Waals surface area contributed by atoms with Gasteiger partial charge < -0.3 is 0 Å². The molecule has 0 aliphatic rings. The fourth-order valence-electron chi connectivity index (χ4n) is 4.28. The summed E-state index contributed by atoms with van der Waals surface area (Å²) >= 11 is 2.15. The molecular formula is C30H31F9IO3S+. The van der Waals surface area contributed by atoms with Crippen molar-refractivity contribution in [1.29, 1.82) is 0 Å². The predicted molar refractivity (Wildman–Crippen MR) is 147 cm³/mol. The minimum Gasteiger partial charge on any atom is -0.281 e. The molecule has 3 nitrogen and oxygen atoms in total. The van der Waals surface area contributed by atoms with Gasteiger partial charge in [-0.3, -0.25) is 4.55 Å². The number of benzene rings is 3. The van der Waals surface area contributed by atoms with Crippen LogP contribution in [0.2, 0.25) is 0 Å². The second-order valence-corrected chi connectivity index (χ2v) is 14.6. The normalized spacial score (nSPS) is 13.8. The summed E-state index contributed by atoms with van der Waals surface area (Å²) in [7, 11) is -7.17. The Morgan fingerprint density at radius 2 is 0.955 bits per heavy atom. The molecule has 0 fully saturated rings. The molecule has 3 rings (SSSR count). The highest BCUT2D eigenvalue weighted by molar-refractivity contribution is 7.87. The van der Waals surface area contributed by atoms with Gasteiger partial charge in [-0.25, -0.2) is 0 Å². The van der Waals surface area contributed by atoms with Gasteiger partial charge in [-0.15, -0.1) is 0 Å². The van der Waals surface area contributed by atoms with Crippen LogP contribution >= 0.6 is 0 Å². The zero-order chi connectivity index (χ0) is 34.3. The SMILES string of the molecule is CC(C)(C)c1ccccc1-c1cccc([IH+])c1-c1ccccc1C(C)(C)C.O=S(=O)(O)C(F)(F)C(F)(F)C(F)(F)C(F)(F)F. The third-order valence-corrected chi connectivity index (χ3v) is 8.37. The van der Waals surface area contributed by atoms with Gasteiger partial charge in [0.2, 0.25) is 0 Å². The first-order valence-electron chi connectivity index (χ1n) is 12.8. The Morgan fingerprint density at radius 1 is 0.568 bits per heavy atom. The van der Waals surface area contributed by atoms with Crippen LogP contribution in [0.5, 0.6) is 0 Å². The molecule has 44 heavy (non-hydrogen) atoms. The standard InChI is InChI=1S/C26H30I.C4HF9O3S/c1-25(2,3)21-15-9-7-12-18(21)19-14-11-17-23(27)24(19)20-13-8-10-16-22(20)26(4,5)6;5-1(6,3(9,10)11)2(7,8)4(12,13)17(14,15)16/h7-17,27H,1-6H3;(H,14,15,16)/q+1;. The Balaban J connectivity index is 0.000000345. The first-order chi connectivity index (χ1) is 19.6. The van der Waals surface area contributed by atoms with E-state index in [-0.39, 0.29) is 10.8 Å². The topological polar surface area (TPSA) is 54.4 Å². The maximum absolute atomic E-state index is 12.2. The predicted octanol–water partition coefficient (Wildman–Crippen LogP) is 6.37. The smallest absolute Gasteiger partial charge is 0.281 e. The summed E-state index contributed by atoms with van der Waals surface area (Å²) in [6.07, 6.45) is -7.13. The van der Waals surface area contributed by atoms with Crippen LogP contribution in [0.1, 0.15) is 52.7 Å². The van der Waals surface area contributed by atoms with Gasteiger partial charge in [0.15, 0.2) is 3.57 Å². The zero-order valence-corrected chi connectivity index (χ0v) is 27.5. The van der Waals surface area contributed by atoms with E-state index in [0.29, 0.717) is 0 Å². The molecule has 0 aliphatic carbocycles. The van der Waals surface area contributed by atoms with Crippen LogP contribution in [0.15, 0.2) is 66.7 Å². The van der Waals surface area contributed by atoms with E-state index in [1.165, 1.54) is 37.0 Å². The zero-order valence-electron chi connectivity index (χ0n) is 24.3. The first-order valence-corrected chi connectivity index (χ1v) is 15.4. The van der Waals surface area contributed by atoms with Gasteiger partial charge in [0, 0.05) is 5.56 Å². The van der Waals surface area contributed by atoms with Gasteiger partial charge in [-0.1, -0.05) is 102 Å². The van der Waals surface area contributed by atoms with Crippen molar-refractivity contribution in [1.82, 2.24) is 0 Å². The van der Waals surface area contributed by atoms with Crippen LogP contribution in [0.3, 0.4) is 0 Å². The lowest BCUT2D eigenvalue weighted by atomic mass is 9.78. The largest absolute Gasteiger partial charge is 0.460 e. The second-order valence-electron chi connectivity index (χ2n) is 11.9. The number of alkyl halides is 9. The van der Waals surface area contributed by atoms with Crippen LogP contribution < -0.4 is 22.6 Å². The van der Waals surface area contributed by atoms with E-state index in [1.54, 1.807) is 0 Å². The van der Waals surface area contributed by atoms with E-state index in [1.807, 2.05) is 0 Å². The molecule has 14 heteroatoms. The number of rotatable bonds is 5. The van der Waals surface area contributed by atoms with Gasteiger partial charge >= 0.3 is 33.4 Å². The Labute approximate surface area is 263 Å². The minimum absolute atomic E-state index is 0.0980. The number of hydrogen-bond donors (Lipinski definition) is 1. The molecule has 244 valence electrons. The molecule has 0 radical (unpaired) electrons. The minimum atomic E-state index is -7.37.